The van der Waals surface area contributed by atoms with Gasteiger partial charge in [-0.05, 0) is 53.6 Å². The van der Waals surface area contributed by atoms with Gasteiger partial charge >= 0.3 is 0 Å². The van der Waals surface area contributed by atoms with Gasteiger partial charge in [-0.15, -0.1) is 0 Å². The minimum absolute atomic E-state index is 0.0432. The lowest BCUT2D eigenvalue weighted by atomic mass is 10.1. The number of fused-ring (bicyclic) bond motifs is 1. The van der Waals surface area contributed by atoms with Crippen molar-refractivity contribution in [3.63, 3.8) is 0 Å². The molecule has 0 spiro atoms. The number of carbonyl (C=O) groups is 1. The monoisotopic (exact) mass is 351 g/mol. The van der Waals surface area contributed by atoms with E-state index in [2.05, 4.69) is 5.32 Å². The van der Waals surface area contributed by atoms with Crippen molar-refractivity contribution in [2.24, 2.45) is 0 Å². The molecule has 5 heteroatoms. The first-order valence-corrected chi connectivity index (χ1v) is 8.34. The second-order valence-corrected chi connectivity index (χ2v) is 5.99. The van der Waals surface area contributed by atoms with Crippen LogP contribution in [0.1, 0.15) is 15.9 Å². The van der Waals surface area contributed by atoms with Crippen LogP contribution in [0.15, 0.2) is 54.6 Å². The molecule has 0 bridgehead atoms. The Hall–Kier alpha value is -3.05. The van der Waals surface area contributed by atoms with Crippen molar-refractivity contribution >= 4 is 22.4 Å². The second kappa shape index (κ2) is 7.89. The van der Waals surface area contributed by atoms with E-state index in [1.807, 2.05) is 37.3 Å². The zero-order valence-corrected chi connectivity index (χ0v) is 14.8. The highest BCUT2D eigenvalue weighted by molar-refractivity contribution is 6.08. The maximum Gasteiger partial charge on any atom is 0.259 e. The molecule has 2 N–H and O–H groups in total. The third-order valence-electron chi connectivity index (χ3n) is 4.11. The van der Waals surface area contributed by atoms with Crippen LogP contribution in [0, 0.1) is 6.92 Å². The van der Waals surface area contributed by atoms with Gasteiger partial charge in [0.25, 0.3) is 5.91 Å². The van der Waals surface area contributed by atoms with E-state index in [0.717, 1.165) is 16.3 Å². The number of carbonyl (C=O) groups excluding carboxylic acids is 1. The molecule has 3 rings (SSSR count). The quantitative estimate of drug-likeness (QED) is 0.655. The molecular formula is C21H21NO4. The van der Waals surface area contributed by atoms with Crippen LogP contribution < -0.4 is 10.1 Å². The average Bonchev–Trinajstić information content (AvgIpc) is 2.63. The molecule has 0 unspecified atom stereocenters. The van der Waals surface area contributed by atoms with Gasteiger partial charge in [0, 0.05) is 12.8 Å². The molecule has 0 radical (unpaired) electrons. The van der Waals surface area contributed by atoms with E-state index in [9.17, 15) is 9.90 Å². The smallest absolute Gasteiger partial charge is 0.259 e. The van der Waals surface area contributed by atoms with E-state index >= 15 is 0 Å². The summed E-state index contributed by atoms with van der Waals surface area (Å²) in [6.45, 7) is 2.87. The Morgan fingerprint density at radius 3 is 2.46 bits per heavy atom. The van der Waals surface area contributed by atoms with Gasteiger partial charge < -0.3 is 19.9 Å². The van der Waals surface area contributed by atoms with E-state index in [4.69, 9.17) is 9.47 Å². The Morgan fingerprint density at radius 1 is 1.04 bits per heavy atom. The summed E-state index contributed by atoms with van der Waals surface area (Å²) in [7, 11) is 1.62. The number of amides is 1. The summed E-state index contributed by atoms with van der Waals surface area (Å²) in [4.78, 5) is 12.6. The van der Waals surface area contributed by atoms with Crippen LogP contribution in [-0.4, -0.2) is 31.3 Å². The summed E-state index contributed by atoms with van der Waals surface area (Å²) >= 11 is 0. The molecule has 134 valence electrons. The van der Waals surface area contributed by atoms with Gasteiger partial charge in [-0.3, -0.25) is 4.79 Å². The number of phenolic OH excluding ortho intramolecular Hbond substituents is 1. The Balaban J connectivity index is 1.78. The topological polar surface area (TPSA) is 67.8 Å². The Morgan fingerprint density at radius 2 is 1.77 bits per heavy atom. The lowest BCUT2D eigenvalue weighted by Gasteiger charge is -2.12. The summed E-state index contributed by atoms with van der Waals surface area (Å²) < 4.78 is 10.5. The highest BCUT2D eigenvalue weighted by Gasteiger charge is 2.14. The normalized spacial score (nSPS) is 10.7. The molecule has 0 aliphatic carbocycles. The number of benzene rings is 3. The molecule has 3 aromatic carbocycles. The van der Waals surface area contributed by atoms with Crippen LogP contribution in [0.25, 0.3) is 10.8 Å². The lowest BCUT2D eigenvalue weighted by molar-refractivity contribution is 0.102. The van der Waals surface area contributed by atoms with E-state index in [1.165, 1.54) is 0 Å². The maximum atomic E-state index is 12.6. The molecular weight excluding hydrogens is 330 g/mol. The molecule has 0 heterocycles. The Kier molecular flexibility index (Phi) is 5.39. The van der Waals surface area contributed by atoms with E-state index in [-0.39, 0.29) is 17.2 Å². The molecule has 0 aliphatic heterocycles. The zero-order valence-electron chi connectivity index (χ0n) is 14.8. The van der Waals surface area contributed by atoms with Crippen LogP contribution >= 0.6 is 0 Å². The first-order valence-electron chi connectivity index (χ1n) is 8.34. The van der Waals surface area contributed by atoms with Crippen molar-refractivity contribution in [2.75, 3.05) is 25.6 Å². The fourth-order valence-corrected chi connectivity index (χ4v) is 2.71. The van der Waals surface area contributed by atoms with E-state index in [1.54, 1.807) is 31.4 Å². The highest BCUT2D eigenvalue weighted by Crippen LogP contribution is 2.27. The molecule has 0 saturated heterocycles. The van der Waals surface area contributed by atoms with Crippen molar-refractivity contribution in [2.45, 2.75) is 6.92 Å². The van der Waals surface area contributed by atoms with Gasteiger partial charge in [0.05, 0.1) is 12.2 Å². The number of aromatic hydroxyl groups is 1. The first-order chi connectivity index (χ1) is 12.6. The maximum absolute atomic E-state index is 12.6. The number of phenols is 1. The van der Waals surface area contributed by atoms with E-state index < -0.39 is 0 Å². The van der Waals surface area contributed by atoms with Crippen molar-refractivity contribution in [1.29, 1.82) is 0 Å². The van der Waals surface area contributed by atoms with Crippen LogP contribution in [0.4, 0.5) is 5.69 Å². The molecule has 26 heavy (non-hydrogen) atoms. The van der Waals surface area contributed by atoms with Crippen LogP contribution in [0.2, 0.25) is 0 Å². The average molecular weight is 351 g/mol. The number of aryl methyl sites for hydroxylation is 1. The molecule has 3 aromatic rings. The number of hydrogen-bond donors (Lipinski definition) is 2. The summed E-state index contributed by atoms with van der Waals surface area (Å²) in [5.74, 6) is 0.314. The number of rotatable bonds is 6. The zero-order chi connectivity index (χ0) is 18.5. The fraction of sp³-hybridized carbons (Fsp3) is 0.190. The minimum atomic E-state index is -0.357. The van der Waals surface area contributed by atoms with Gasteiger partial charge in [-0.1, -0.05) is 24.3 Å². The van der Waals surface area contributed by atoms with Gasteiger partial charge in [0.15, 0.2) is 0 Å². The van der Waals surface area contributed by atoms with Crippen molar-refractivity contribution < 1.29 is 19.4 Å². The number of hydrogen-bond acceptors (Lipinski definition) is 4. The first kappa shape index (κ1) is 17.8. The van der Waals surface area contributed by atoms with Crippen LogP contribution in [0.3, 0.4) is 0 Å². The molecule has 0 aromatic heterocycles. The predicted octanol–water partition coefficient (Wildman–Crippen LogP) is 4.13. The van der Waals surface area contributed by atoms with Crippen LogP contribution in [-0.2, 0) is 4.74 Å². The SMILES string of the molecule is COCCOc1ccc(NC(=O)c2cc3ccccc3cc2O)c(C)c1. The number of methoxy groups -OCH3 is 1. The Bertz CT molecular complexity index is 936. The van der Waals surface area contributed by atoms with Gasteiger partial charge in [0.1, 0.15) is 18.1 Å². The number of anilines is 1. The van der Waals surface area contributed by atoms with E-state index in [0.29, 0.717) is 24.7 Å². The summed E-state index contributed by atoms with van der Waals surface area (Å²) in [6, 6.07) is 16.3. The summed E-state index contributed by atoms with van der Waals surface area (Å²) in [5.41, 5.74) is 1.78. The minimum Gasteiger partial charge on any atom is -0.507 e. The van der Waals surface area contributed by atoms with Gasteiger partial charge in [0.2, 0.25) is 0 Å². The second-order valence-electron chi connectivity index (χ2n) is 5.99. The summed E-state index contributed by atoms with van der Waals surface area (Å²) in [6.07, 6.45) is 0. The van der Waals surface area contributed by atoms with Crippen molar-refractivity contribution in [3.8, 4) is 11.5 Å². The highest BCUT2D eigenvalue weighted by atomic mass is 16.5. The lowest BCUT2D eigenvalue weighted by Crippen LogP contribution is -2.13. The van der Waals surface area contributed by atoms with Crippen molar-refractivity contribution in [1.82, 2.24) is 0 Å². The number of ether oxygens (including phenoxy) is 2. The molecule has 5 nitrogen and oxygen atoms in total. The standard InChI is InChI=1S/C21H21NO4/c1-14-11-17(26-10-9-25-2)7-8-19(14)22-21(24)18-12-15-5-3-4-6-16(15)13-20(18)23/h3-8,11-13,23H,9-10H2,1-2H3,(H,22,24). The van der Waals surface area contributed by atoms with Gasteiger partial charge in [-0.25, -0.2) is 0 Å². The predicted molar refractivity (Wildman–Crippen MR) is 102 cm³/mol. The third-order valence-corrected chi connectivity index (χ3v) is 4.11. The third kappa shape index (κ3) is 3.95. The largest absolute Gasteiger partial charge is 0.507 e. The molecule has 1 amide bonds. The Labute approximate surface area is 152 Å². The molecule has 0 saturated carbocycles. The molecule has 0 atom stereocenters. The number of nitrogens with one attached hydrogen (secondary N) is 1. The van der Waals surface area contributed by atoms with Crippen LogP contribution in [0.5, 0.6) is 11.5 Å². The van der Waals surface area contributed by atoms with Crippen molar-refractivity contribution in [3.05, 3.63) is 65.7 Å². The fourth-order valence-electron chi connectivity index (χ4n) is 2.71. The molecule has 0 fully saturated rings. The molecule has 0 aliphatic rings. The summed E-state index contributed by atoms with van der Waals surface area (Å²) in [5, 5.41) is 14.8. The van der Waals surface area contributed by atoms with Gasteiger partial charge in [-0.2, -0.15) is 0 Å².